The van der Waals surface area contributed by atoms with Crippen molar-refractivity contribution in [3.8, 4) is 44.9 Å². The van der Waals surface area contributed by atoms with Gasteiger partial charge in [-0.15, -0.1) is 0 Å². The Labute approximate surface area is 298 Å². The SMILES string of the molecule is c1ccc(C2(c3ccccc3-c3ccc4c(c3)Oc3ccccc3C43c4ccccc4-c4ccccc43)c3ccccc3-c3ccccc32)cc1. The molecule has 0 N–H and O–H groups in total. The van der Waals surface area contributed by atoms with Crippen LogP contribution in [0.3, 0.4) is 0 Å². The van der Waals surface area contributed by atoms with E-state index < -0.39 is 10.8 Å². The lowest BCUT2D eigenvalue weighted by Crippen LogP contribution is -2.32. The Balaban J connectivity index is 1.19. The third kappa shape index (κ3) is 3.60. The first kappa shape index (κ1) is 28.4. The van der Waals surface area contributed by atoms with Crippen molar-refractivity contribution in [2.45, 2.75) is 10.8 Å². The number of para-hydroxylation sites is 1. The van der Waals surface area contributed by atoms with Crippen molar-refractivity contribution in [3.05, 3.63) is 239 Å². The van der Waals surface area contributed by atoms with Crippen molar-refractivity contribution in [1.29, 1.82) is 0 Å². The lowest BCUT2D eigenvalue weighted by Gasteiger charge is -2.39. The number of rotatable bonds is 3. The summed E-state index contributed by atoms with van der Waals surface area (Å²) in [6, 6.07) is 71.3. The first-order valence-corrected chi connectivity index (χ1v) is 17.8. The lowest BCUT2D eigenvalue weighted by molar-refractivity contribution is 0.436. The van der Waals surface area contributed by atoms with Crippen LogP contribution in [0.4, 0.5) is 0 Å². The molecule has 3 aliphatic rings. The summed E-state index contributed by atoms with van der Waals surface area (Å²) in [5.74, 6) is 1.80. The molecule has 11 rings (SSSR count). The third-order valence-electron chi connectivity index (χ3n) is 11.7. The number of hydrogen-bond donors (Lipinski definition) is 0. The molecule has 0 aromatic heterocycles. The summed E-state index contributed by atoms with van der Waals surface area (Å²) in [6.07, 6.45) is 0. The summed E-state index contributed by atoms with van der Waals surface area (Å²) in [5, 5.41) is 0. The average Bonchev–Trinajstić information content (AvgIpc) is 3.67. The zero-order chi connectivity index (χ0) is 33.6. The van der Waals surface area contributed by atoms with Gasteiger partial charge in [0.1, 0.15) is 11.5 Å². The highest BCUT2D eigenvalue weighted by Gasteiger charge is 2.51. The van der Waals surface area contributed by atoms with E-state index in [1.54, 1.807) is 0 Å². The molecule has 2 aliphatic carbocycles. The minimum Gasteiger partial charge on any atom is -0.457 e. The molecule has 1 heteroatoms. The Kier molecular flexibility index (Phi) is 5.86. The Bertz CT molecular complexity index is 2590. The molecule has 0 atom stereocenters. The van der Waals surface area contributed by atoms with Crippen LogP contribution in [0, 0.1) is 0 Å². The van der Waals surface area contributed by atoms with Crippen molar-refractivity contribution in [2.75, 3.05) is 0 Å². The monoisotopic (exact) mass is 648 g/mol. The second-order valence-corrected chi connectivity index (χ2v) is 13.9. The molecule has 1 heterocycles. The van der Waals surface area contributed by atoms with Gasteiger partial charge in [0.2, 0.25) is 0 Å². The summed E-state index contributed by atoms with van der Waals surface area (Å²) in [5.41, 5.74) is 16.6. The van der Waals surface area contributed by atoms with Gasteiger partial charge in [-0.25, -0.2) is 0 Å². The zero-order valence-electron chi connectivity index (χ0n) is 27.9. The molecule has 0 fully saturated rings. The molecule has 0 unspecified atom stereocenters. The molecule has 0 amide bonds. The van der Waals surface area contributed by atoms with Gasteiger partial charge in [-0.05, 0) is 78.9 Å². The van der Waals surface area contributed by atoms with Gasteiger partial charge in [-0.1, -0.05) is 182 Å². The molecule has 1 spiro atoms. The van der Waals surface area contributed by atoms with Crippen LogP contribution >= 0.6 is 0 Å². The summed E-state index contributed by atoms with van der Waals surface area (Å²) in [7, 11) is 0. The van der Waals surface area contributed by atoms with Crippen molar-refractivity contribution < 1.29 is 4.74 Å². The predicted octanol–water partition coefficient (Wildman–Crippen LogP) is 12.2. The van der Waals surface area contributed by atoms with Crippen LogP contribution in [-0.2, 0) is 10.8 Å². The highest BCUT2D eigenvalue weighted by molar-refractivity contribution is 5.91. The summed E-state index contributed by atoms with van der Waals surface area (Å²) < 4.78 is 6.94. The van der Waals surface area contributed by atoms with Crippen LogP contribution < -0.4 is 4.74 Å². The van der Waals surface area contributed by atoms with Gasteiger partial charge in [0.25, 0.3) is 0 Å². The fourth-order valence-electron chi connectivity index (χ4n) is 9.77. The molecular formula is C50H32O. The van der Waals surface area contributed by atoms with Crippen molar-refractivity contribution in [3.63, 3.8) is 0 Å². The van der Waals surface area contributed by atoms with Crippen molar-refractivity contribution in [2.24, 2.45) is 0 Å². The van der Waals surface area contributed by atoms with E-state index in [0.717, 1.165) is 17.1 Å². The molecule has 0 bridgehead atoms. The molecule has 238 valence electrons. The molecule has 51 heavy (non-hydrogen) atoms. The second-order valence-electron chi connectivity index (χ2n) is 13.9. The molecule has 8 aromatic rings. The maximum Gasteiger partial charge on any atom is 0.132 e. The highest BCUT2D eigenvalue weighted by Crippen LogP contribution is 2.63. The van der Waals surface area contributed by atoms with Gasteiger partial charge in [-0.2, -0.15) is 0 Å². The first-order chi connectivity index (χ1) is 25.3. The topological polar surface area (TPSA) is 9.23 Å². The summed E-state index contributed by atoms with van der Waals surface area (Å²) >= 11 is 0. The molecule has 0 saturated carbocycles. The van der Waals surface area contributed by atoms with E-state index in [-0.39, 0.29) is 0 Å². The predicted molar refractivity (Wildman–Crippen MR) is 207 cm³/mol. The van der Waals surface area contributed by atoms with Gasteiger partial charge in [0.05, 0.1) is 10.8 Å². The van der Waals surface area contributed by atoms with Gasteiger partial charge in [0, 0.05) is 11.1 Å². The van der Waals surface area contributed by atoms with Crippen LogP contribution in [0.2, 0.25) is 0 Å². The highest BCUT2D eigenvalue weighted by atomic mass is 16.5. The standard InChI is InChI=1S/C50H32O/c1-2-16-34(17-3-1)49(41-24-10-5-19-36(41)37-20-6-11-25-42(37)49)40-23-9-4-18-35(40)33-30-31-46-48(32-33)51-47-29-15-14-28-45(47)50(46)43-26-12-7-21-38(43)39-22-8-13-27-44(39)50/h1-32H. The van der Waals surface area contributed by atoms with E-state index in [1.165, 1.54) is 72.3 Å². The Morgan fingerprint density at radius 3 is 1.22 bits per heavy atom. The molecular weight excluding hydrogens is 617 g/mol. The molecule has 1 aliphatic heterocycles. The van der Waals surface area contributed by atoms with E-state index in [4.69, 9.17) is 4.74 Å². The van der Waals surface area contributed by atoms with E-state index in [0.29, 0.717) is 0 Å². The van der Waals surface area contributed by atoms with E-state index in [9.17, 15) is 0 Å². The zero-order valence-corrected chi connectivity index (χ0v) is 27.9. The van der Waals surface area contributed by atoms with Crippen LogP contribution in [0.15, 0.2) is 194 Å². The minimum atomic E-state index is -0.501. The molecule has 0 saturated heterocycles. The van der Waals surface area contributed by atoms with Gasteiger partial charge in [-0.3, -0.25) is 0 Å². The molecule has 0 radical (unpaired) electrons. The normalized spacial score (nSPS) is 14.7. The Morgan fingerprint density at radius 2 is 0.667 bits per heavy atom. The fraction of sp³-hybridized carbons (Fsp3) is 0.0400. The van der Waals surface area contributed by atoms with Crippen molar-refractivity contribution >= 4 is 0 Å². The Hall–Kier alpha value is -6.44. The minimum absolute atomic E-state index is 0.482. The number of hydrogen-bond acceptors (Lipinski definition) is 1. The lowest BCUT2D eigenvalue weighted by atomic mass is 9.65. The fourth-order valence-corrected chi connectivity index (χ4v) is 9.77. The summed E-state index contributed by atoms with van der Waals surface area (Å²) in [4.78, 5) is 0. The Morgan fingerprint density at radius 1 is 0.275 bits per heavy atom. The number of benzene rings is 8. The molecule has 8 aromatic carbocycles. The molecule has 1 nitrogen and oxygen atoms in total. The number of fused-ring (bicyclic) bond motifs is 12. The largest absolute Gasteiger partial charge is 0.457 e. The van der Waals surface area contributed by atoms with Crippen LogP contribution in [0.1, 0.15) is 44.5 Å². The van der Waals surface area contributed by atoms with E-state index >= 15 is 0 Å². The maximum absolute atomic E-state index is 6.94. The van der Waals surface area contributed by atoms with Crippen LogP contribution in [0.25, 0.3) is 33.4 Å². The number of ether oxygens (including phenoxy) is 1. The average molecular weight is 649 g/mol. The second kappa shape index (κ2) is 10.5. The van der Waals surface area contributed by atoms with Crippen LogP contribution in [-0.4, -0.2) is 0 Å². The van der Waals surface area contributed by atoms with E-state index in [2.05, 4.69) is 194 Å². The third-order valence-corrected chi connectivity index (χ3v) is 11.7. The van der Waals surface area contributed by atoms with Crippen molar-refractivity contribution in [1.82, 2.24) is 0 Å². The van der Waals surface area contributed by atoms with Crippen LogP contribution in [0.5, 0.6) is 11.5 Å². The summed E-state index contributed by atoms with van der Waals surface area (Å²) in [6.45, 7) is 0. The quantitative estimate of drug-likeness (QED) is 0.185. The van der Waals surface area contributed by atoms with Gasteiger partial charge in [0.15, 0.2) is 0 Å². The maximum atomic E-state index is 6.94. The first-order valence-electron chi connectivity index (χ1n) is 17.8. The van der Waals surface area contributed by atoms with Gasteiger partial charge >= 0.3 is 0 Å². The van der Waals surface area contributed by atoms with Gasteiger partial charge < -0.3 is 4.74 Å². The smallest absolute Gasteiger partial charge is 0.132 e. The van der Waals surface area contributed by atoms with E-state index in [1.807, 2.05) is 0 Å².